The number of piperidine rings is 1. The van der Waals surface area contributed by atoms with Crippen LogP contribution in [0.5, 0.6) is 5.75 Å². The quantitative estimate of drug-likeness (QED) is 0.402. The van der Waals surface area contributed by atoms with Crippen LogP contribution in [0.4, 0.5) is 13.2 Å². The van der Waals surface area contributed by atoms with Crippen molar-refractivity contribution in [2.45, 2.75) is 38.5 Å². The van der Waals surface area contributed by atoms with Gasteiger partial charge in [-0.25, -0.2) is 0 Å². The summed E-state index contributed by atoms with van der Waals surface area (Å²) in [4.78, 5) is 31.5. The third kappa shape index (κ3) is 6.72. The SMILES string of the molecule is O=C(NCCCCC1CCN(C(=O)c2ccccc2OC(F)(F)F)CC1)c1cc2ccncc2s1. The molecule has 0 unspecified atom stereocenters. The molecule has 35 heavy (non-hydrogen) atoms. The van der Waals surface area contributed by atoms with E-state index >= 15 is 0 Å². The molecule has 1 aliphatic rings. The van der Waals surface area contributed by atoms with Gasteiger partial charge in [-0.3, -0.25) is 14.6 Å². The minimum absolute atomic E-state index is 0.0751. The third-order valence-corrected chi connectivity index (χ3v) is 7.20. The molecule has 0 radical (unpaired) electrons. The molecular formula is C25H26F3N3O3S. The number of pyridine rings is 1. The molecule has 2 amide bonds. The fourth-order valence-corrected chi connectivity index (χ4v) is 5.24. The zero-order valence-electron chi connectivity index (χ0n) is 19.0. The number of hydrogen-bond donors (Lipinski definition) is 1. The zero-order valence-corrected chi connectivity index (χ0v) is 19.8. The molecule has 4 rings (SSSR count). The van der Waals surface area contributed by atoms with Crippen LogP contribution in [-0.4, -0.2) is 47.7 Å². The summed E-state index contributed by atoms with van der Waals surface area (Å²) in [6.07, 6.45) is 3.02. The first-order chi connectivity index (χ1) is 16.8. The van der Waals surface area contributed by atoms with Gasteiger partial charge in [-0.15, -0.1) is 24.5 Å². The topological polar surface area (TPSA) is 71.5 Å². The number of carbonyl (C=O) groups is 2. The summed E-state index contributed by atoms with van der Waals surface area (Å²) in [5.41, 5.74) is -0.0751. The van der Waals surface area contributed by atoms with Gasteiger partial charge >= 0.3 is 6.36 Å². The number of benzene rings is 1. The van der Waals surface area contributed by atoms with Crippen molar-refractivity contribution in [1.82, 2.24) is 15.2 Å². The number of thiophene rings is 1. The van der Waals surface area contributed by atoms with Crippen LogP contribution in [0.3, 0.4) is 0 Å². The highest BCUT2D eigenvalue weighted by Gasteiger charge is 2.34. The van der Waals surface area contributed by atoms with Gasteiger partial charge in [0.15, 0.2) is 0 Å². The van der Waals surface area contributed by atoms with Gasteiger partial charge in [-0.2, -0.15) is 0 Å². The van der Waals surface area contributed by atoms with Gasteiger partial charge in [0.05, 0.1) is 15.1 Å². The number of likely N-dealkylation sites (tertiary alicyclic amines) is 1. The molecule has 1 N–H and O–H groups in total. The van der Waals surface area contributed by atoms with E-state index in [9.17, 15) is 22.8 Å². The summed E-state index contributed by atoms with van der Waals surface area (Å²) in [7, 11) is 0. The van der Waals surface area contributed by atoms with Crippen molar-refractivity contribution in [2.75, 3.05) is 19.6 Å². The number of ether oxygens (including phenoxy) is 1. The number of halogens is 3. The summed E-state index contributed by atoms with van der Waals surface area (Å²) in [5, 5.41) is 3.98. The van der Waals surface area contributed by atoms with Gasteiger partial charge in [0.2, 0.25) is 0 Å². The molecule has 0 spiro atoms. The van der Waals surface area contributed by atoms with E-state index in [0.717, 1.165) is 48.3 Å². The molecule has 3 heterocycles. The van der Waals surface area contributed by atoms with E-state index in [2.05, 4.69) is 15.0 Å². The Morgan fingerprint density at radius 1 is 1.14 bits per heavy atom. The highest BCUT2D eigenvalue weighted by Crippen LogP contribution is 2.29. The van der Waals surface area contributed by atoms with Crippen molar-refractivity contribution in [3.63, 3.8) is 0 Å². The Hall–Kier alpha value is -3.14. The Morgan fingerprint density at radius 3 is 2.66 bits per heavy atom. The molecule has 1 aliphatic heterocycles. The van der Waals surface area contributed by atoms with E-state index in [0.29, 0.717) is 30.4 Å². The fourth-order valence-electron chi connectivity index (χ4n) is 4.30. The van der Waals surface area contributed by atoms with E-state index in [-0.39, 0.29) is 11.5 Å². The Morgan fingerprint density at radius 2 is 1.91 bits per heavy atom. The summed E-state index contributed by atoms with van der Waals surface area (Å²) in [5.74, 6) is -0.538. The largest absolute Gasteiger partial charge is 0.573 e. The van der Waals surface area contributed by atoms with Crippen molar-refractivity contribution in [2.24, 2.45) is 5.92 Å². The number of hydrogen-bond acceptors (Lipinski definition) is 5. The van der Waals surface area contributed by atoms with Crippen LogP contribution in [0.1, 0.15) is 52.1 Å². The maximum Gasteiger partial charge on any atom is 0.573 e. The van der Waals surface area contributed by atoms with Crippen LogP contribution in [0.25, 0.3) is 10.1 Å². The molecule has 10 heteroatoms. The van der Waals surface area contributed by atoms with Crippen LogP contribution in [-0.2, 0) is 0 Å². The molecular weight excluding hydrogens is 479 g/mol. The van der Waals surface area contributed by atoms with E-state index in [4.69, 9.17) is 0 Å². The number of alkyl halides is 3. The Labute approximate surface area is 205 Å². The molecule has 6 nitrogen and oxygen atoms in total. The van der Waals surface area contributed by atoms with Crippen molar-refractivity contribution in [1.29, 1.82) is 0 Å². The van der Waals surface area contributed by atoms with Gasteiger partial charge in [0.1, 0.15) is 5.75 Å². The Balaban J connectivity index is 1.17. The highest BCUT2D eigenvalue weighted by atomic mass is 32.1. The zero-order chi connectivity index (χ0) is 24.8. The summed E-state index contributed by atoms with van der Waals surface area (Å²) in [6.45, 7) is 1.60. The number of carbonyl (C=O) groups excluding carboxylic acids is 2. The van der Waals surface area contributed by atoms with Gasteiger partial charge in [0, 0.05) is 32.0 Å². The lowest BCUT2D eigenvalue weighted by Gasteiger charge is -2.32. The second kappa shape index (κ2) is 11.1. The highest BCUT2D eigenvalue weighted by molar-refractivity contribution is 7.20. The lowest BCUT2D eigenvalue weighted by Crippen LogP contribution is -2.38. The van der Waals surface area contributed by atoms with E-state index in [1.807, 2.05) is 12.1 Å². The number of nitrogens with zero attached hydrogens (tertiary/aromatic N) is 2. The first-order valence-corrected chi connectivity index (χ1v) is 12.4. The minimum atomic E-state index is -4.85. The first-order valence-electron chi connectivity index (χ1n) is 11.6. The number of para-hydroxylation sites is 1. The monoisotopic (exact) mass is 505 g/mol. The number of aromatic nitrogens is 1. The molecule has 0 aliphatic carbocycles. The van der Waals surface area contributed by atoms with Gasteiger partial charge < -0.3 is 15.0 Å². The van der Waals surface area contributed by atoms with Crippen LogP contribution in [0.15, 0.2) is 48.8 Å². The Kier molecular flexibility index (Phi) is 7.90. The van der Waals surface area contributed by atoms with Crippen LogP contribution >= 0.6 is 11.3 Å². The van der Waals surface area contributed by atoms with Gasteiger partial charge in [-0.1, -0.05) is 25.0 Å². The van der Waals surface area contributed by atoms with Crippen molar-refractivity contribution in [3.05, 3.63) is 59.2 Å². The van der Waals surface area contributed by atoms with Gasteiger partial charge in [-0.05, 0) is 54.8 Å². The molecule has 0 atom stereocenters. The lowest BCUT2D eigenvalue weighted by molar-refractivity contribution is -0.274. The van der Waals surface area contributed by atoms with Crippen LogP contribution in [0, 0.1) is 5.92 Å². The molecule has 0 saturated carbocycles. The summed E-state index contributed by atoms with van der Waals surface area (Å²) in [6, 6.07) is 9.21. The molecule has 1 fully saturated rings. The van der Waals surface area contributed by atoms with E-state index < -0.39 is 18.0 Å². The first kappa shape index (κ1) is 25.0. The maximum atomic E-state index is 12.8. The number of rotatable bonds is 8. The van der Waals surface area contributed by atoms with Crippen molar-refractivity contribution >= 4 is 33.2 Å². The average Bonchev–Trinajstić information content (AvgIpc) is 3.28. The second-order valence-electron chi connectivity index (χ2n) is 8.56. The fraction of sp³-hybridized carbons (Fsp3) is 0.400. The minimum Gasteiger partial charge on any atom is -0.405 e. The standard InChI is InChI=1S/C25H26F3N3O3S/c26-25(27,28)34-20-7-2-1-6-19(20)24(33)31-13-9-17(10-14-31)5-3-4-11-30-23(32)21-15-18-8-12-29-16-22(18)35-21/h1-2,6-8,12,15-17H,3-5,9-11,13-14H2,(H,30,32). The van der Waals surface area contributed by atoms with Gasteiger partial charge in [0.25, 0.3) is 11.8 Å². The average molecular weight is 506 g/mol. The number of unbranched alkanes of at least 4 members (excludes halogenated alkanes) is 1. The van der Waals surface area contributed by atoms with E-state index in [1.165, 1.54) is 29.5 Å². The number of fused-ring (bicyclic) bond motifs is 1. The van der Waals surface area contributed by atoms with Crippen molar-refractivity contribution in [3.8, 4) is 5.75 Å². The predicted octanol–water partition coefficient (Wildman–Crippen LogP) is 5.65. The summed E-state index contributed by atoms with van der Waals surface area (Å²) >= 11 is 1.43. The molecule has 1 aromatic carbocycles. The summed E-state index contributed by atoms with van der Waals surface area (Å²) < 4.78 is 43.0. The second-order valence-corrected chi connectivity index (χ2v) is 9.64. The molecule has 186 valence electrons. The van der Waals surface area contributed by atoms with Crippen LogP contribution < -0.4 is 10.1 Å². The van der Waals surface area contributed by atoms with Crippen LogP contribution in [0.2, 0.25) is 0 Å². The predicted molar refractivity (Wildman–Crippen MR) is 128 cm³/mol. The number of amides is 2. The maximum absolute atomic E-state index is 12.8. The molecule has 3 aromatic rings. The normalized spacial score (nSPS) is 14.8. The Bertz CT molecular complexity index is 1140. The van der Waals surface area contributed by atoms with E-state index in [1.54, 1.807) is 17.3 Å². The number of nitrogens with one attached hydrogen (secondary N) is 1. The molecule has 2 aromatic heterocycles. The smallest absolute Gasteiger partial charge is 0.405 e. The van der Waals surface area contributed by atoms with Crippen molar-refractivity contribution < 1.29 is 27.5 Å². The molecule has 0 bridgehead atoms. The molecule has 1 saturated heterocycles. The lowest BCUT2D eigenvalue weighted by atomic mass is 9.91. The third-order valence-electron chi connectivity index (χ3n) is 6.12.